The summed E-state index contributed by atoms with van der Waals surface area (Å²) >= 11 is 0. The number of nitrogens with one attached hydrogen (secondary N) is 1. The molecule has 0 aliphatic heterocycles. The molecule has 25 heavy (non-hydrogen) atoms. The zero-order chi connectivity index (χ0) is 18.6. The highest BCUT2D eigenvalue weighted by molar-refractivity contribution is 5.92. The van der Waals surface area contributed by atoms with E-state index < -0.39 is 0 Å². The Morgan fingerprint density at radius 3 is 1.56 bits per heavy atom. The highest BCUT2D eigenvalue weighted by atomic mass is 79.9. The second-order valence-corrected chi connectivity index (χ2v) is 6.75. The Labute approximate surface area is 168 Å². The molecule has 0 aliphatic carbocycles. The predicted molar refractivity (Wildman–Crippen MR) is 109 cm³/mol. The number of nitrogens with zero attached hydrogens (tertiary/aromatic N) is 1. The minimum absolute atomic E-state index is 0. The summed E-state index contributed by atoms with van der Waals surface area (Å²) in [5, 5.41) is 2.75. The molecule has 0 radical (unpaired) electrons. The van der Waals surface area contributed by atoms with E-state index in [1.54, 1.807) is 0 Å². The van der Waals surface area contributed by atoms with Crippen LogP contribution in [0.2, 0.25) is 0 Å². The summed E-state index contributed by atoms with van der Waals surface area (Å²) in [6.07, 6.45) is 14.4. The molecule has 0 unspecified atom stereocenters. The molecule has 0 aromatic rings. The molecule has 0 saturated carbocycles. The van der Waals surface area contributed by atoms with Crippen LogP contribution in [0.1, 0.15) is 91.4 Å². The fourth-order valence-electron chi connectivity index (χ4n) is 2.64. The normalized spacial score (nSPS) is 9.64. The lowest BCUT2D eigenvalue weighted by molar-refractivity contribution is -0.127. The standard InChI is InChI=1S/C19H37NO.C2H7N.BrH/c1-5-7-8-9-10-11-12-13-14-15-17-20(16-6-2)19(21)18(3)4;1-3-2;/h3,5-17H2,1-2,4H3;3H,1-2H3;1H/p-1. The highest BCUT2D eigenvalue weighted by Gasteiger charge is 2.12. The number of hydrogen-bond acceptors (Lipinski definition) is 2. The van der Waals surface area contributed by atoms with Crippen LogP contribution in [0.3, 0.4) is 0 Å². The van der Waals surface area contributed by atoms with E-state index in [4.69, 9.17) is 0 Å². The summed E-state index contributed by atoms with van der Waals surface area (Å²) in [5.74, 6) is 0.132. The van der Waals surface area contributed by atoms with Crippen molar-refractivity contribution >= 4 is 5.91 Å². The summed E-state index contributed by atoms with van der Waals surface area (Å²) in [6.45, 7) is 11.7. The van der Waals surface area contributed by atoms with Crippen molar-refractivity contribution in [2.75, 3.05) is 27.2 Å². The quantitative estimate of drug-likeness (QED) is 0.346. The maximum Gasteiger partial charge on any atom is 0.248 e. The van der Waals surface area contributed by atoms with Crippen LogP contribution in [0, 0.1) is 0 Å². The fraction of sp³-hybridized carbons (Fsp3) is 0.857. The van der Waals surface area contributed by atoms with Crippen LogP contribution in [0.5, 0.6) is 0 Å². The number of hydrogen-bond donors (Lipinski definition) is 1. The second-order valence-electron chi connectivity index (χ2n) is 6.75. The number of rotatable bonds is 14. The Balaban J connectivity index is -0.00000112. The predicted octanol–water partition coefficient (Wildman–Crippen LogP) is 2.56. The molecule has 0 saturated heterocycles. The Bertz CT molecular complexity index is 296. The molecule has 0 spiro atoms. The molecule has 0 bridgehead atoms. The second kappa shape index (κ2) is 23.6. The molecule has 0 aliphatic rings. The van der Waals surface area contributed by atoms with Gasteiger partial charge in [0, 0.05) is 18.7 Å². The van der Waals surface area contributed by atoms with Crippen molar-refractivity contribution in [3.8, 4) is 0 Å². The number of amides is 1. The maximum absolute atomic E-state index is 12.0. The Morgan fingerprint density at radius 2 is 1.20 bits per heavy atom. The third-order valence-electron chi connectivity index (χ3n) is 3.93. The van der Waals surface area contributed by atoms with E-state index in [0.717, 1.165) is 25.9 Å². The van der Waals surface area contributed by atoms with E-state index in [1.807, 2.05) is 25.9 Å². The van der Waals surface area contributed by atoms with Crippen molar-refractivity contribution in [2.24, 2.45) is 0 Å². The van der Waals surface area contributed by atoms with Gasteiger partial charge in [0.15, 0.2) is 0 Å². The maximum atomic E-state index is 12.0. The number of halogens is 1. The SMILES string of the molecule is C=C(C)C(=O)N(CCC)CCCCCCCCCCCC.CNC.[Br-]. The molecule has 0 atom stereocenters. The van der Waals surface area contributed by atoms with Gasteiger partial charge in [0.25, 0.3) is 0 Å². The van der Waals surface area contributed by atoms with Crippen molar-refractivity contribution in [1.82, 2.24) is 10.2 Å². The Hall–Kier alpha value is -0.350. The lowest BCUT2D eigenvalue weighted by atomic mass is 10.1. The van der Waals surface area contributed by atoms with E-state index in [2.05, 4.69) is 25.7 Å². The van der Waals surface area contributed by atoms with Gasteiger partial charge in [-0.25, -0.2) is 0 Å². The lowest BCUT2D eigenvalue weighted by Crippen LogP contribution is -3.00. The van der Waals surface area contributed by atoms with Crippen LogP contribution >= 0.6 is 0 Å². The van der Waals surface area contributed by atoms with Crippen LogP contribution < -0.4 is 22.3 Å². The van der Waals surface area contributed by atoms with Gasteiger partial charge in [-0.15, -0.1) is 0 Å². The van der Waals surface area contributed by atoms with Crippen molar-refractivity contribution in [3.05, 3.63) is 12.2 Å². The molecule has 0 fully saturated rings. The summed E-state index contributed by atoms with van der Waals surface area (Å²) < 4.78 is 0. The first kappa shape index (κ1) is 29.4. The average Bonchev–Trinajstić information content (AvgIpc) is 2.55. The Morgan fingerprint density at radius 1 is 0.800 bits per heavy atom. The molecule has 0 heterocycles. The van der Waals surface area contributed by atoms with Gasteiger partial charge < -0.3 is 27.2 Å². The van der Waals surface area contributed by atoms with Gasteiger partial charge in [0.05, 0.1) is 0 Å². The Kier molecular flexibility index (Phi) is 27.8. The minimum Gasteiger partial charge on any atom is -1.00 e. The molecule has 3 nitrogen and oxygen atoms in total. The molecular weight excluding hydrogens is 376 g/mol. The van der Waals surface area contributed by atoms with Crippen LogP contribution in [0.15, 0.2) is 12.2 Å². The van der Waals surface area contributed by atoms with Crippen molar-refractivity contribution in [1.29, 1.82) is 0 Å². The lowest BCUT2D eigenvalue weighted by Gasteiger charge is -2.22. The van der Waals surface area contributed by atoms with Crippen molar-refractivity contribution in [3.63, 3.8) is 0 Å². The molecule has 1 N–H and O–H groups in total. The number of carbonyl (C=O) groups is 1. The van der Waals surface area contributed by atoms with E-state index >= 15 is 0 Å². The van der Waals surface area contributed by atoms with E-state index in [9.17, 15) is 4.79 Å². The zero-order valence-electron chi connectivity index (χ0n) is 17.6. The molecule has 0 aromatic heterocycles. The van der Waals surface area contributed by atoms with E-state index in [1.165, 1.54) is 57.8 Å². The summed E-state index contributed by atoms with van der Waals surface area (Å²) in [7, 11) is 3.75. The summed E-state index contributed by atoms with van der Waals surface area (Å²) in [6, 6.07) is 0. The molecular formula is C21H44BrN2O-. The highest BCUT2D eigenvalue weighted by Crippen LogP contribution is 2.11. The summed E-state index contributed by atoms with van der Waals surface area (Å²) in [5.41, 5.74) is 0.663. The van der Waals surface area contributed by atoms with Gasteiger partial charge in [-0.2, -0.15) is 0 Å². The van der Waals surface area contributed by atoms with Crippen LogP contribution in [-0.4, -0.2) is 38.0 Å². The third-order valence-corrected chi connectivity index (χ3v) is 3.93. The van der Waals surface area contributed by atoms with Crippen LogP contribution in [0.4, 0.5) is 0 Å². The topological polar surface area (TPSA) is 32.3 Å². The molecule has 4 heteroatoms. The van der Waals surface area contributed by atoms with Crippen LogP contribution in [-0.2, 0) is 4.79 Å². The monoisotopic (exact) mass is 419 g/mol. The van der Waals surface area contributed by atoms with Gasteiger partial charge in [-0.05, 0) is 33.9 Å². The zero-order valence-corrected chi connectivity index (χ0v) is 19.2. The molecule has 0 aromatic carbocycles. The molecule has 0 rings (SSSR count). The van der Waals surface area contributed by atoms with Gasteiger partial charge in [-0.3, -0.25) is 4.79 Å². The van der Waals surface area contributed by atoms with Gasteiger partial charge in [0.1, 0.15) is 0 Å². The molecule has 152 valence electrons. The smallest absolute Gasteiger partial charge is 0.248 e. The van der Waals surface area contributed by atoms with E-state index in [-0.39, 0.29) is 22.9 Å². The van der Waals surface area contributed by atoms with Crippen molar-refractivity contribution in [2.45, 2.75) is 91.4 Å². The summed E-state index contributed by atoms with van der Waals surface area (Å²) in [4.78, 5) is 13.9. The first-order valence-electron chi connectivity index (χ1n) is 10.1. The molecule has 1 amide bonds. The van der Waals surface area contributed by atoms with Crippen molar-refractivity contribution < 1.29 is 21.8 Å². The number of unbranched alkanes of at least 4 members (excludes halogenated alkanes) is 9. The van der Waals surface area contributed by atoms with E-state index in [0.29, 0.717) is 5.57 Å². The van der Waals surface area contributed by atoms with Gasteiger partial charge in [0.2, 0.25) is 5.91 Å². The largest absolute Gasteiger partial charge is 1.00 e. The minimum atomic E-state index is 0. The third kappa shape index (κ3) is 21.6. The average molecular weight is 420 g/mol. The van der Waals surface area contributed by atoms with Gasteiger partial charge >= 0.3 is 0 Å². The fourth-order valence-corrected chi connectivity index (χ4v) is 2.64. The first-order valence-corrected chi connectivity index (χ1v) is 10.1. The first-order chi connectivity index (χ1) is 11.5. The number of carbonyl (C=O) groups excluding carboxylic acids is 1. The van der Waals surface area contributed by atoms with Gasteiger partial charge in [-0.1, -0.05) is 78.2 Å². The van der Waals surface area contributed by atoms with Crippen LogP contribution in [0.25, 0.3) is 0 Å².